The SMILES string of the molecule is CNc1cc(CCCc2c(OC)cc(NC(=O)/C(N)=C/C=C(\N)n3ccnc3)c(C(=O)O)c2F)c(F)cc1C(=O)O. The second-order valence-electron chi connectivity index (χ2n) is 8.63. The van der Waals surface area contributed by atoms with E-state index in [0.717, 1.165) is 12.1 Å². The van der Waals surface area contributed by atoms with Gasteiger partial charge in [-0.3, -0.25) is 9.36 Å². The van der Waals surface area contributed by atoms with Crippen molar-refractivity contribution in [2.24, 2.45) is 11.5 Å². The number of aromatic nitrogens is 2. The van der Waals surface area contributed by atoms with Crippen molar-refractivity contribution in [1.29, 1.82) is 0 Å². The lowest BCUT2D eigenvalue weighted by Crippen LogP contribution is -2.22. The van der Waals surface area contributed by atoms with Crippen LogP contribution in [0.1, 0.15) is 38.3 Å². The zero-order valence-electron chi connectivity index (χ0n) is 22.1. The van der Waals surface area contributed by atoms with Gasteiger partial charge in [0.15, 0.2) is 0 Å². The summed E-state index contributed by atoms with van der Waals surface area (Å²) in [5.41, 5.74) is 10.2. The number of nitrogens with one attached hydrogen (secondary N) is 2. The van der Waals surface area contributed by atoms with Crippen molar-refractivity contribution in [3.05, 3.63) is 88.7 Å². The van der Waals surface area contributed by atoms with Gasteiger partial charge in [0.05, 0.1) is 24.1 Å². The highest BCUT2D eigenvalue weighted by Gasteiger charge is 2.25. The molecule has 12 nitrogen and oxygen atoms in total. The summed E-state index contributed by atoms with van der Waals surface area (Å²) in [4.78, 5) is 39.8. The first kappa shape index (κ1) is 30.1. The number of hydrogen-bond acceptors (Lipinski definition) is 8. The van der Waals surface area contributed by atoms with Crippen LogP contribution in [0, 0.1) is 11.6 Å². The van der Waals surface area contributed by atoms with E-state index < -0.39 is 40.7 Å². The van der Waals surface area contributed by atoms with Crippen molar-refractivity contribution in [3.63, 3.8) is 0 Å². The summed E-state index contributed by atoms with van der Waals surface area (Å²) in [5.74, 6) is -5.61. The Bertz CT molecular complexity index is 1540. The Morgan fingerprint density at radius 3 is 2.39 bits per heavy atom. The molecule has 0 spiro atoms. The number of carboxylic acid groups (broad SMARTS) is 2. The minimum Gasteiger partial charge on any atom is -0.496 e. The zero-order chi connectivity index (χ0) is 30.3. The molecular weight excluding hydrogens is 542 g/mol. The van der Waals surface area contributed by atoms with Crippen molar-refractivity contribution < 1.29 is 38.1 Å². The molecule has 8 N–H and O–H groups in total. The van der Waals surface area contributed by atoms with Crippen LogP contribution in [0.25, 0.3) is 5.82 Å². The second-order valence-corrected chi connectivity index (χ2v) is 8.63. The number of carbonyl (C=O) groups is 3. The molecule has 1 heterocycles. The highest BCUT2D eigenvalue weighted by Crippen LogP contribution is 2.33. The van der Waals surface area contributed by atoms with Crippen LogP contribution < -0.4 is 26.8 Å². The number of anilines is 2. The number of hydrogen-bond donors (Lipinski definition) is 6. The number of nitrogens with zero attached hydrogens (tertiary/aromatic N) is 2. The molecule has 0 atom stereocenters. The maximum Gasteiger partial charge on any atom is 0.340 e. The Kier molecular flexibility index (Phi) is 9.63. The number of ether oxygens (including phenoxy) is 1. The summed E-state index contributed by atoms with van der Waals surface area (Å²) in [5, 5.41) is 23.9. The van der Waals surface area contributed by atoms with Crippen LogP contribution >= 0.6 is 0 Å². The highest BCUT2D eigenvalue weighted by atomic mass is 19.1. The normalized spacial score (nSPS) is 11.7. The molecule has 0 saturated heterocycles. The van der Waals surface area contributed by atoms with Gasteiger partial charge in [-0.2, -0.15) is 0 Å². The molecule has 2 aromatic carbocycles. The molecule has 0 saturated carbocycles. The summed E-state index contributed by atoms with van der Waals surface area (Å²) in [6.07, 6.45) is 7.19. The molecule has 0 radical (unpaired) electrons. The predicted molar refractivity (Wildman–Crippen MR) is 146 cm³/mol. The topological polar surface area (TPSA) is 195 Å². The molecule has 0 aliphatic rings. The molecule has 0 aliphatic heterocycles. The standard InChI is InChI=1S/C27H28F2N6O6/c1-32-19-10-14(17(28)11-16(19)26(37)38)4-3-5-15-21(41-2)12-20(23(24(15)29)27(39)40)34-25(36)18(30)6-7-22(31)35-9-8-33-13-35/h6-13,32H,3-5,30-31H2,1-2H3,(H,34,36)(H,37,38)(H,39,40)/b18-6-,22-7+. The molecule has 216 valence electrons. The molecule has 1 amide bonds. The van der Waals surface area contributed by atoms with Gasteiger partial charge >= 0.3 is 11.9 Å². The van der Waals surface area contributed by atoms with Gasteiger partial charge in [0.1, 0.15) is 35.1 Å². The number of amides is 1. The third-order valence-corrected chi connectivity index (χ3v) is 6.07. The zero-order valence-corrected chi connectivity index (χ0v) is 22.1. The van der Waals surface area contributed by atoms with Crippen molar-refractivity contribution in [2.75, 3.05) is 24.8 Å². The first-order valence-corrected chi connectivity index (χ1v) is 12.1. The fraction of sp³-hybridized carbons (Fsp3) is 0.185. The molecule has 0 fully saturated rings. The average Bonchev–Trinajstić information content (AvgIpc) is 3.48. The number of methoxy groups -OCH3 is 1. The van der Waals surface area contributed by atoms with Crippen molar-refractivity contribution >= 4 is 35.0 Å². The smallest absolute Gasteiger partial charge is 0.340 e. The van der Waals surface area contributed by atoms with E-state index in [0.29, 0.717) is 0 Å². The van der Waals surface area contributed by atoms with Crippen LogP contribution in [0.4, 0.5) is 20.2 Å². The molecule has 1 aromatic heterocycles. The molecule has 0 aliphatic carbocycles. The summed E-state index contributed by atoms with van der Waals surface area (Å²) in [6, 6.07) is 3.40. The van der Waals surface area contributed by atoms with Gasteiger partial charge in [0, 0.05) is 36.8 Å². The summed E-state index contributed by atoms with van der Waals surface area (Å²) in [7, 11) is 2.74. The first-order valence-electron chi connectivity index (χ1n) is 12.1. The summed E-state index contributed by atoms with van der Waals surface area (Å²) in [6.45, 7) is 0. The first-order chi connectivity index (χ1) is 19.5. The van der Waals surface area contributed by atoms with Crippen LogP contribution in [0.5, 0.6) is 5.75 Å². The quantitative estimate of drug-likeness (QED) is 0.139. The van der Waals surface area contributed by atoms with Crippen molar-refractivity contribution in [1.82, 2.24) is 9.55 Å². The van der Waals surface area contributed by atoms with Crippen LogP contribution in [-0.4, -0.2) is 51.8 Å². The van der Waals surface area contributed by atoms with Gasteiger partial charge in [-0.15, -0.1) is 0 Å². The lowest BCUT2D eigenvalue weighted by molar-refractivity contribution is -0.112. The van der Waals surface area contributed by atoms with E-state index in [2.05, 4.69) is 15.6 Å². The molecule has 3 aromatic rings. The number of halogens is 2. The highest BCUT2D eigenvalue weighted by molar-refractivity contribution is 6.07. The van der Waals surface area contributed by atoms with E-state index >= 15 is 4.39 Å². The van der Waals surface area contributed by atoms with Gasteiger partial charge in [-0.1, -0.05) is 0 Å². The molecule has 3 rings (SSSR count). The number of carbonyl (C=O) groups excluding carboxylic acids is 1. The number of allylic oxidation sites excluding steroid dienone is 2. The van der Waals surface area contributed by atoms with E-state index in [1.54, 1.807) is 6.20 Å². The Labute approximate surface area is 232 Å². The van der Waals surface area contributed by atoms with Crippen LogP contribution in [-0.2, 0) is 17.6 Å². The lowest BCUT2D eigenvalue weighted by Gasteiger charge is -2.16. The Morgan fingerprint density at radius 2 is 1.80 bits per heavy atom. The molecule has 0 bridgehead atoms. The summed E-state index contributed by atoms with van der Waals surface area (Å²) < 4.78 is 36.8. The third kappa shape index (κ3) is 6.98. The Morgan fingerprint density at radius 1 is 1.07 bits per heavy atom. The number of nitrogens with two attached hydrogens (primary N) is 2. The van der Waals surface area contributed by atoms with Gasteiger partial charge in [-0.25, -0.2) is 23.4 Å². The van der Waals surface area contributed by atoms with Crippen molar-refractivity contribution in [2.45, 2.75) is 19.3 Å². The van der Waals surface area contributed by atoms with Gasteiger partial charge in [0.2, 0.25) is 0 Å². The number of carboxylic acids is 2. The predicted octanol–water partition coefficient (Wildman–Crippen LogP) is 3.02. The average molecular weight is 571 g/mol. The fourth-order valence-corrected chi connectivity index (χ4v) is 3.98. The summed E-state index contributed by atoms with van der Waals surface area (Å²) >= 11 is 0. The Balaban J connectivity index is 1.84. The number of benzene rings is 2. The van der Waals surface area contributed by atoms with Gasteiger partial charge in [0.25, 0.3) is 5.91 Å². The molecule has 41 heavy (non-hydrogen) atoms. The number of aromatic carboxylic acids is 2. The lowest BCUT2D eigenvalue weighted by atomic mass is 9.98. The monoisotopic (exact) mass is 570 g/mol. The Hall–Kier alpha value is -5.40. The maximum atomic E-state index is 15.5. The van der Waals surface area contributed by atoms with Gasteiger partial charge in [-0.05, 0) is 49.1 Å². The van der Waals surface area contributed by atoms with E-state index in [1.807, 2.05) is 0 Å². The third-order valence-electron chi connectivity index (χ3n) is 6.07. The fourth-order valence-electron chi connectivity index (χ4n) is 3.98. The van der Waals surface area contributed by atoms with Crippen molar-refractivity contribution in [3.8, 4) is 5.75 Å². The minimum atomic E-state index is -1.65. The van der Waals surface area contributed by atoms with Crippen LogP contribution in [0.15, 0.2) is 54.8 Å². The largest absolute Gasteiger partial charge is 0.496 e. The van der Waals surface area contributed by atoms with E-state index in [1.165, 1.54) is 49.5 Å². The van der Waals surface area contributed by atoms with Gasteiger partial charge < -0.3 is 37.1 Å². The van der Waals surface area contributed by atoms with Crippen LogP contribution in [0.2, 0.25) is 0 Å². The molecule has 14 heteroatoms. The van der Waals surface area contributed by atoms with E-state index in [4.69, 9.17) is 16.2 Å². The molecule has 0 unspecified atom stereocenters. The van der Waals surface area contributed by atoms with Crippen LogP contribution in [0.3, 0.4) is 0 Å². The number of imidazole rings is 1. The number of rotatable bonds is 12. The van der Waals surface area contributed by atoms with E-state index in [9.17, 15) is 29.0 Å². The number of aryl methyl sites for hydroxylation is 1. The minimum absolute atomic E-state index is 0.0489. The maximum absolute atomic E-state index is 15.5. The second kappa shape index (κ2) is 13.1. The molecular formula is C27H28F2N6O6. The van der Waals surface area contributed by atoms with E-state index in [-0.39, 0.29) is 58.9 Å².